The number of carboxylic acid groups (broad SMARTS) is 1. The van der Waals surface area contributed by atoms with Crippen LogP contribution in [0.1, 0.15) is 28.6 Å². The largest absolute Gasteiger partial charge is 0.477 e. The molecule has 0 bridgehead atoms. The molecular formula is C13H13N3O2S. The number of rotatable bonds is 4. The second-order valence-electron chi connectivity index (χ2n) is 3.87. The Kier molecular flexibility index (Phi) is 3.97. The van der Waals surface area contributed by atoms with Crippen LogP contribution >= 0.6 is 11.3 Å². The molecule has 19 heavy (non-hydrogen) atoms. The maximum absolute atomic E-state index is 11.1. The van der Waals surface area contributed by atoms with Gasteiger partial charge >= 0.3 is 5.97 Å². The van der Waals surface area contributed by atoms with E-state index in [1.54, 1.807) is 13.8 Å². The lowest BCUT2D eigenvalue weighted by Crippen LogP contribution is -2.03. The molecule has 2 rings (SSSR count). The van der Waals surface area contributed by atoms with Crippen molar-refractivity contribution < 1.29 is 9.90 Å². The molecule has 0 aliphatic heterocycles. The van der Waals surface area contributed by atoms with E-state index in [1.807, 2.05) is 0 Å². The number of carboxylic acids is 1. The number of carbonyl (C=O) groups is 1. The number of nitrogens with one attached hydrogen (secondary N) is 1. The van der Waals surface area contributed by atoms with E-state index in [0.717, 1.165) is 11.8 Å². The van der Waals surface area contributed by atoms with Gasteiger partial charge in [-0.15, -0.1) is 23.2 Å². The van der Waals surface area contributed by atoms with E-state index in [0.29, 0.717) is 27.6 Å². The second-order valence-corrected chi connectivity index (χ2v) is 4.87. The van der Waals surface area contributed by atoms with Crippen LogP contribution in [0.2, 0.25) is 0 Å². The fourth-order valence-electron chi connectivity index (χ4n) is 1.78. The Morgan fingerprint density at radius 1 is 1.53 bits per heavy atom. The first-order chi connectivity index (χ1) is 9.15. The van der Waals surface area contributed by atoms with E-state index in [4.69, 9.17) is 5.11 Å². The standard InChI is InChI=1S/C13H13N3O2S/c1-3-4-5-6-14-11-9-8(2)10(13(17)18)19-12(9)16-7-15-11/h7H,5-6H2,1-2H3,(H,17,18)(H,14,15,16). The summed E-state index contributed by atoms with van der Waals surface area (Å²) in [5, 5.41) is 13.1. The van der Waals surface area contributed by atoms with Crippen LogP contribution in [0, 0.1) is 18.8 Å². The highest BCUT2D eigenvalue weighted by molar-refractivity contribution is 7.20. The Bertz CT molecular complexity index is 682. The van der Waals surface area contributed by atoms with Crippen LogP contribution in [0.4, 0.5) is 5.82 Å². The molecular weight excluding hydrogens is 262 g/mol. The van der Waals surface area contributed by atoms with Crippen molar-refractivity contribution >= 4 is 33.3 Å². The van der Waals surface area contributed by atoms with Crippen molar-refractivity contribution in [2.24, 2.45) is 0 Å². The SMILES string of the molecule is CC#CCCNc1ncnc2sc(C(=O)O)c(C)c12. The number of fused-ring (bicyclic) bond motifs is 1. The molecule has 0 saturated heterocycles. The van der Waals surface area contributed by atoms with E-state index in [9.17, 15) is 4.79 Å². The van der Waals surface area contributed by atoms with Gasteiger partial charge in [-0.05, 0) is 19.4 Å². The molecule has 0 fully saturated rings. The maximum atomic E-state index is 11.1. The Balaban J connectivity index is 2.38. The molecule has 98 valence electrons. The normalized spacial score (nSPS) is 10.0. The first-order valence-electron chi connectivity index (χ1n) is 5.76. The van der Waals surface area contributed by atoms with Crippen molar-refractivity contribution in [3.8, 4) is 11.8 Å². The average Bonchev–Trinajstić information content (AvgIpc) is 2.73. The summed E-state index contributed by atoms with van der Waals surface area (Å²) in [4.78, 5) is 20.4. The van der Waals surface area contributed by atoms with Crippen LogP contribution in [0.3, 0.4) is 0 Å². The zero-order valence-corrected chi connectivity index (χ0v) is 11.5. The number of aromatic nitrogens is 2. The van der Waals surface area contributed by atoms with E-state index < -0.39 is 5.97 Å². The molecule has 2 aromatic rings. The van der Waals surface area contributed by atoms with Crippen LogP contribution in [0.15, 0.2) is 6.33 Å². The van der Waals surface area contributed by atoms with Gasteiger partial charge in [0.2, 0.25) is 0 Å². The highest BCUT2D eigenvalue weighted by Crippen LogP contribution is 2.32. The summed E-state index contributed by atoms with van der Waals surface area (Å²) < 4.78 is 0. The zero-order valence-electron chi connectivity index (χ0n) is 10.6. The Hall–Kier alpha value is -2.13. The molecule has 0 aliphatic carbocycles. The number of aromatic carboxylic acids is 1. The van der Waals surface area contributed by atoms with Crippen molar-refractivity contribution in [2.45, 2.75) is 20.3 Å². The van der Waals surface area contributed by atoms with E-state index in [1.165, 1.54) is 17.7 Å². The first-order valence-corrected chi connectivity index (χ1v) is 6.57. The van der Waals surface area contributed by atoms with Gasteiger partial charge in [0.05, 0.1) is 5.39 Å². The summed E-state index contributed by atoms with van der Waals surface area (Å²) in [6.07, 6.45) is 2.16. The molecule has 0 spiro atoms. The van der Waals surface area contributed by atoms with E-state index in [2.05, 4.69) is 27.1 Å². The van der Waals surface area contributed by atoms with Gasteiger partial charge in [0.1, 0.15) is 21.9 Å². The lowest BCUT2D eigenvalue weighted by Gasteiger charge is -2.04. The van der Waals surface area contributed by atoms with Crippen molar-refractivity contribution in [2.75, 3.05) is 11.9 Å². The summed E-state index contributed by atoms with van der Waals surface area (Å²) in [5.41, 5.74) is 0.706. The third-order valence-electron chi connectivity index (χ3n) is 2.64. The second kappa shape index (κ2) is 5.67. The number of aryl methyl sites for hydroxylation is 1. The number of thiophene rings is 1. The van der Waals surface area contributed by atoms with Crippen molar-refractivity contribution in [1.29, 1.82) is 0 Å². The van der Waals surface area contributed by atoms with E-state index in [-0.39, 0.29) is 0 Å². The monoisotopic (exact) mass is 275 g/mol. The van der Waals surface area contributed by atoms with Gasteiger partial charge in [0.15, 0.2) is 0 Å². The molecule has 0 aromatic carbocycles. The van der Waals surface area contributed by atoms with Crippen LogP contribution in [0.5, 0.6) is 0 Å². The molecule has 2 heterocycles. The topological polar surface area (TPSA) is 75.1 Å². The summed E-state index contributed by atoms with van der Waals surface area (Å²) in [5.74, 6) is 5.52. The molecule has 0 saturated carbocycles. The first kappa shape index (κ1) is 13.3. The van der Waals surface area contributed by atoms with Crippen molar-refractivity contribution in [3.05, 3.63) is 16.8 Å². The van der Waals surface area contributed by atoms with Crippen LogP contribution in [0.25, 0.3) is 10.2 Å². The molecule has 0 amide bonds. The van der Waals surface area contributed by atoms with Crippen LogP contribution < -0.4 is 5.32 Å². The quantitative estimate of drug-likeness (QED) is 0.662. The van der Waals surface area contributed by atoms with Crippen molar-refractivity contribution in [1.82, 2.24) is 9.97 Å². The summed E-state index contributed by atoms with van der Waals surface area (Å²) in [6.45, 7) is 4.25. The number of hydrogen-bond donors (Lipinski definition) is 2. The highest BCUT2D eigenvalue weighted by atomic mass is 32.1. The van der Waals surface area contributed by atoms with Gasteiger partial charge < -0.3 is 10.4 Å². The smallest absolute Gasteiger partial charge is 0.346 e. The minimum absolute atomic E-state index is 0.312. The number of anilines is 1. The van der Waals surface area contributed by atoms with Crippen molar-refractivity contribution in [3.63, 3.8) is 0 Å². The summed E-state index contributed by atoms with van der Waals surface area (Å²) in [6, 6.07) is 0. The Morgan fingerprint density at radius 2 is 2.32 bits per heavy atom. The maximum Gasteiger partial charge on any atom is 0.346 e. The molecule has 6 heteroatoms. The van der Waals surface area contributed by atoms with E-state index >= 15 is 0 Å². The summed E-state index contributed by atoms with van der Waals surface area (Å²) in [7, 11) is 0. The van der Waals surface area contributed by atoms with Crippen LogP contribution in [-0.2, 0) is 0 Å². The fraction of sp³-hybridized carbons (Fsp3) is 0.308. The minimum atomic E-state index is -0.928. The third-order valence-corrected chi connectivity index (χ3v) is 3.83. The van der Waals surface area contributed by atoms with Gasteiger partial charge in [0, 0.05) is 13.0 Å². The van der Waals surface area contributed by atoms with Crippen LogP contribution in [-0.4, -0.2) is 27.6 Å². The predicted molar refractivity (Wildman–Crippen MR) is 75.7 cm³/mol. The van der Waals surface area contributed by atoms with Gasteiger partial charge in [0.25, 0.3) is 0 Å². The average molecular weight is 275 g/mol. The molecule has 0 radical (unpaired) electrons. The predicted octanol–water partition coefficient (Wildman–Crippen LogP) is 2.52. The lowest BCUT2D eigenvalue weighted by molar-refractivity contribution is 0.0701. The fourth-order valence-corrected chi connectivity index (χ4v) is 2.77. The molecule has 5 nitrogen and oxygen atoms in total. The Morgan fingerprint density at radius 3 is 3.00 bits per heavy atom. The van der Waals surface area contributed by atoms with Gasteiger partial charge in [-0.1, -0.05) is 0 Å². The molecule has 2 aromatic heterocycles. The minimum Gasteiger partial charge on any atom is -0.477 e. The van der Waals surface area contributed by atoms with Gasteiger partial charge in [-0.2, -0.15) is 0 Å². The Labute approximate surface area is 114 Å². The molecule has 2 N–H and O–H groups in total. The lowest BCUT2D eigenvalue weighted by atomic mass is 10.2. The molecule has 0 atom stereocenters. The van der Waals surface area contributed by atoms with Gasteiger partial charge in [-0.25, -0.2) is 14.8 Å². The zero-order chi connectivity index (χ0) is 13.8. The number of hydrogen-bond acceptors (Lipinski definition) is 5. The highest BCUT2D eigenvalue weighted by Gasteiger charge is 2.18. The molecule has 0 aliphatic rings. The third kappa shape index (κ3) is 2.66. The summed E-state index contributed by atoms with van der Waals surface area (Å²) >= 11 is 1.17. The molecule has 0 unspecified atom stereocenters. The van der Waals surface area contributed by atoms with Gasteiger partial charge in [-0.3, -0.25) is 0 Å². The number of nitrogens with zero attached hydrogens (tertiary/aromatic N) is 2.